The lowest BCUT2D eigenvalue weighted by molar-refractivity contribution is 0.0563. The van der Waals surface area contributed by atoms with Crippen molar-refractivity contribution in [1.82, 2.24) is 4.90 Å². The van der Waals surface area contributed by atoms with E-state index in [1.165, 1.54) is 23.6 Å². The molecule has 3 nitrogen and oxygen atoms in total. The van der Waals surface area contributed by atoms with Crippen LogP contribution in [0.4, 0.5) is 0 Å². The lowest BCUT2D eigenvalue weighted by Gasteiger charge is -2.31. The molecule has 0 aromatic heterocycles. The van der Waals surface area contributed by atoms with Crippen molar-refractivity contribution < 1.29 is 9.84 Å². The summed E-state index contributed by atoms with van der Waals surface area (Å²) in [4.78, 5) is 2.34. The number of nitrogens with zero attached hydrogens (tertiary/aromatic N) is 1. The first-order valence-corrected chi connectivity index (χ1v) is 8.23. The van der Waals surface area contributed by atoms with E-state index >= 15 is 0 Å². The summed E-state index contributed by atoms with van der Waals surface area (Å²) in [5, 5.41) is 12.5. The van der Waals surface area contributed by atoms with Gasteiger partial charge in [-0.15, -0.1) is 0 Å². The summed E-state index contributed by atoms with van der Waals surface area (Å²) < 4.78 is 5.76. The van der Waals surface area contributed by atoms with Crippen LogP contribution < -0.4 is 4.74 Å². The van der Waals surface area contributed by atoms with Gasteiger partial charge in [-0.3, -0.25) is 0 Å². The van der Waals surface area contributed by atoms with Crippen LogP contribution >= 0.6 is 0 Å². The fourth-order valence-electron chi connectivity index (χ4n) is 3.04. The highest BCUT2D eigenvalue weighted by Crippen LogP contribution is 2.21. The standard InChI is InChI=1S/C19H25NO2/c1-15-8-10-20(11-9-15)13-18(21)14-22-19-7-6-16-4-2-3-5-17(16)12-19/h2-7,12,15,18,21H,8-11,13-14H2,1H3. The first kappa shape index (κ1) is 15.3. The lowest BCUT2D eigenvalue weighted by atomic mass is 9.99. The second kappa shape index (κ2) is 7.12. The van der Waals surface area contributed by atoms with Crippen molar-refractivity contribution in [3.8, 4) is 5.75 Å². The predicted molar refractivity (Wildman–Crippen MR) is 90.3 cm³/mol. The highest BCUT2D eigenvalue weighted by molar-refractivity contribution is 5.83. The Kier molecular flexibility index (Phi) is 4.96. The molecule has 0 spiro atoms. The average molecular weight is 299 g/mol. The van der Waals surface area contributed by atoms with Crippen molar-refractivity contribution in [3.63, 3.8) is 0 Å². The van der Waals surface area contributed by atoms with Crippen LogP contribution in [0.25, 0.3) is 10.8 Å². The Bertz CT molecular complexity index is 605. The maximum absolute atomic E-state index is 10.2. The topological polar surface area (TPSA) is 32.7 Å². The van der Waals surface area contributed by atoms with Crippen molar-refractivity contribution in [3.05, 3.63) is 42.5 Å². The van der Waals surface area contributed by atoms with Crippen molar-refractivity contribution >= 4 is 10.8 Å². The molecule has 1 atom stereocenters. The van der Waals surface area contributed by atoms with E-state index in [1.807, 2.05) is 24.3 Å². The third kappa shape index (κ3) is 3.99. The van der Waals surface area contributed by atoms with E-state index in [0.29, 0.717) is 13.2 Å². The van der Waals surface area contributed by atoms with E-state index in [2.05, 4.69) is 30.0 Å². The van der Waals surface area contributed by atoms with Crippen LogP contribution in [0.15, 0.2) is 42.5 Å². The minimum atomic E-state index is -0.431. The molecule has 1 fully saturated rings. The van der Waals surface area contributed by atoms with Crippen LogP contribution in [0.1, 0.15) is 19.8 Å². The Morgan fingerprint density at radius 3 is 2.64 bits per heavy atom. The molecular weight excluding hydrogens is 274 g/mol. The fraction of sp³-hybridized carbons (Fsp3) is 0.474. The summed E-state index contributed by atoms with van der Waals surface area (Å²) in [5.74, 6) is 1.65. The Balaban J connectivity index is 1.50. The summed E-state index contributed by atoms with van der Waals surface area (Å²) in [6.07, 6.45) is 2.04. The molecule has 1 aliphatic rings. The van der Waals surface area contributed by atoms with Gasteiger partial charge in [0.25, 0.3) is 0 Å². The molecule has 2 aromatic carbocycles. The van der Waals surface area contributed by atoms with Gasteiger partial charge in [-0.1, -0.05) is 37.3 Å². The summed E-state index contributed by atoms with van der Waals surface area (Å²) in [6, 6.07) is 14.3. The number of piperidine rings is 1. The Morgan fingerprint density at radius 2 is 1.86 bits per heavy atom. The third-order valence-corrected chi connectivity index (χ3v) is 4.51. The van der Waals surface area contributed by atoms with Crippen LogP contribution in [0.2, 0.25) is 0 Å². The van der Waals surface area contributed by atoms with Gasteiger partial charge in [-0.2, -0.15) is 0 Å². The first-order valence-electron chi connectivity index (χ1n) is 8.23. The van der Waals surface area contributed by atoms with Crippen molar-refractivity contribution in [2.45, 2.75) is 25.9 Å². The number of aliphatic hydroxyl groups excluding tert-OH is 1. The van der Waals surface area contributed by atoms with E-state index < -0.39 is 6.10 Å². The summed E-state index contributed by atoms with van der Waals surface area (Å²) >= 11 is 0. The zero-order valence-corrected chi connectivity index (χ0v) is 13.2. The van der Waals surface area contributed by atoms with Gasteiger partial charge < -0.3 is 14.7 Å². The average Bonchev–Trinajstić information content (AvgIpc) is 2.55. The van der Waals surface area contributed by atoms with Gasteiger partial charge in [-0.05, 0) is 54.8 Å². The first-order chi connectivity index (χ1) is 10.7. The molecule has 118 valence electrons. The molecule has 3 rings (SSSR count). The second-order valence-corrected chi connectivity index (χ2v) is 6.46. The van der Waals surface area contributed by atoms with Crippen molar-refractivity contribution in [2.75, 3.05) is 26.2 Å². The van der Waals surface area contributed by atoms with Crippen molar-refractivity contribution in [2.24, 2.45) is 5.92 Å². The Labute approximate surface area is 132 Å². The molecule has 1 aliphatic heterocycles. The van der Waals surface area contributed by atoms with E-state index in [9.17, 15) is 5.11 Å². The number of hydrogen-bond donors (Lipinski definition) is 1. The third-order valence-electron chi connectivity index (χ3n) is 4.51. The molecule has 1 heterocycles. The summed E-state index contributed by atoms with van der Waals surface area (Å²) in [5.41, 5.74) is 0. The van der Waals surface area contributed by atoms with Crippen LogP contribution in [0.5, 0.6) is 5.75 Å². The Hall–Kier alpha value is -1.58. The molecular formula is C19H25NO2. The van der Waals surface area contributed by atoms with Crippen LogP contribution in [0, 0.1) is 5.92 Å². The smallest absolute Gasteiger partial charge is 0.120 e. The van der Waals surface area contributed by atoms with Gasteiger partial charge in [0.05, 0.1) is 0 Å². The van der Waals surface area contributed by atoms with Crippen LogP contribution in [-0.4, -0.2) is 42.4 Å². The SMILES string of the molecule is CC1CCN(CC(O)COc2ccc3ccccc3c2)CC1. The normalized spacial score (nSPS) is 18.5. The molecule has 1 unspecified atom stereocenters. The van der Waals surface area contributed by atoms with Crippen LogP contribution in [0.3, 0.4) is 0 Å². The maximum atomic E-state index is 10.2. The molecule has 0 saturated carbocycles. The highest BCUT2D eigenvalue weighted by Gasteiger charge is 2.18. The number of β-amino-alcohol motifs (C(OH)–C–C–N with tert-alkyl or cyclic N) is 1. The maximum Gasteiger partial charge on any atom is 0.120 e. The van der Waals surface area contributed by atoms with Gasteiger partial charge in [0.2, 0.25) is 0 Å². The van der Waals surface area contributed by atoms with Gasteiger partial charge in [0, 0.05) is 6.54 Å². The number of hydrogen-bond acceptors (Lipinski definition) is 3. The van der Waals surface area contributed by atoms with Crippen LogP contribution in [-0.2, 0) is 0 Å². The minimum Gasteiger partial charge on any atom is -0.491 e. The monoisotopic (exact) mass is 299 g/mol. The van der Waals surface area contributed by atoms with Gasteiger partial charge >= 0.3 is 0 Å². The molecule has 1 N–H and O–H groups in total. The van der Waals surface area contributed by atoms with Crippen molar-refractivity contribution in [1.29, 1.82) is 0 Å². The molecule has 0 amide bonds. The number of benzene rings is 2. The van der Waals surface area contributed by atoms with E-state index in [-0.39, 0.29) is 0 Å². The van der Waals surface area contributed by atoms with E-state index in [1.54, 1.807) is 0 Å². The zero-order valence-electron chi connectivity index (χ0n) is 13.2. The molecule has 2 aromatic rings. The summed E-state index contributed by atoms with van der Waals surface area (Å²) in [6.45, 7) is 5.55. The minimum absolute atomic E-state index is 0.352. The Morgan fingerprint density at radius 1 is 1.14 bits per heavy atom. The number of ether oxygens (including phenoxy) is 1. The van der Waals surface area contributed by atoms with Gasteiger partial charge in [0.15, 0.2) is 0 Å². The van der Waals surface area contributed by atoms with Gasteiger partial charge in [0.1, 0.15) is 18.5 Å². The second-order valence-electron chi connectivity index (χ2n) is 6.46. The number of aliphatic hydroxyl groups is 1. The molecule has 0 radical (unpaired) electrons. The largest absolute Gasteiger partial charge is 0.491 e. The molecule has 0 aliphatic carbocycles. The van der Waals surface area contributed by atoms with Gasteiger partial charge in [-0.25, -0.2) is 0 Å². The van der Waals surface area contributed by atoms with E-state index in [0.717, 1.165) is 24.8 Å². The predicted octanol–water partition coefficient (Wildman–Crippen LogP) is 3.31. The quantitative estimate of drug-likeness (QED) is 0.919. The van der Waals surface area contributed by atoms with E-state index in [4.69, 9.17) is 4.74 Å². The fourth-order valence-corrected chi connectivity index (χ4v) is 3.04. The molecule has 0 bridgehead atoms. The molecule has 1 saturated heterocycles. The zero-order chi connectivity index (χ0) is 15.4. The molecule has 3 heteroatoms. The molecule has 22 heavy (non-hydrogen) atoms. The number of rotatable bonds is 5. The number of fused-ring (bicyclic) bond motifs is 1. The highest BCUT2D eigenvalue weighted by atomic mass is 16.5. The number of likely N-dealkylation sites (tertiary alicyclic amines) is 1. The summed E-state index contributed by atoms with van der Waals surface area (Å²) in [7, 11) is 0. The lowest BCUT2D eigenvalue weighted by Crippen LogP contribution is -2.40.